The van der Waals surface area contributed by atoms with E-state index in [1.54, 1.807) is 31.2 Å². The fourth-order valence-corrected chi connectivity index (χ4v) is 4.12. The number of aliphatic carboxylic acids is 1. The first kappa shape index (κ1) is 29.4. The molecule has 0 aromatic heterocycles. The van der Waals surface area contributed by atoms with Crippen LogP contribution in [0.5, 0.6) is 17.2 Å². The molecule has 1 aliphatic carbocycles. The molecule has 3 aromatic rings. The second kappa shape index (κ2) is 12.7. The highest BCUT2D eigenvalue weighted by Gasteiger charge is 2.30. The maximum absolute atomic E-state index is 12.9. The number of hydrogen-bond donors (Lipinski definition) is 4. The summed E-state index contributed by atoms with van der Waals surface area (Å²) in [6, 6.07) is 15.6. The van der Waals surface area contributed by atoms with Gasteiger partial charge in [0.25, 0.3) is 0 Å². The van der Waals surface area contributed by atoms with Crippen LogP contribution in [0.4, 0.5) is 0 Å². The standard InChI is InChI=1S/C31H26O11/c1-17-12-24(28(34)35)26(31(39)41-16-19-4-8-21(33)9-5-19)14-27(17)42-22-10-11-23(25(13-22)29(36)37)30(38)40-15-18-2-6-20(32)7-3-18/h2-11,13-14,17,32-33H,12,15-16H2,1H3,(H,34,35)(H,36,37). The van der Waals surface area contributed by atoms with E-state index in [-0.39, 0.29) is 64.9 Å². The minimum Gasteiger partial charge on any atom is -0.508 e. The fraction of sp³-hybridized carbons (Fsp3) is 0.161. The molecule has 0 amide bonds. The third-order valence-corrected chi connectivity index (χ3v) is 6.38. The van der Waals surface area contributed by atoms with Crippen molar-refractivity contribution < 1.29 is 53.8 Å². The molecule has 4 N–H and O–H groups in total. The summed E-state index contributed by atoms with van der Waals surface area (Å²) in [4.78, 5) is 49.4. The largest absolute Gasteiger partial charge is 0.508 e. The molecule has 0 aliphatic heterocycles. The van der Waals surface area contributed by atoms with Crippen molar-refractivity contribution in [2.45, 2.75) is 26.6 Å². The normalized spacial score (nSPS) is 14.5. The SMILES string of the molecule is CC1CC(C(=O)O)=C(C(=O)OCc2ccc(O)cc2)C=C1Oc1ccc(C(=O)OCc2ccc(O)cc2)c(C(=O)O)c1. The molecular formula is C31H26O11. The third-order valence-electron chi connectivity index (χ3n) is 6.38. The number of carboxylic acid groups (broad SMARTS) is 2. The molecule has 11 nitrogen and oxygen atoms in total. The number of aromatic carboxylic acids is 1. The van der Waals surface area contributed by atoms with Crippen LogP contribution in [-0.4, -0.2) is 44.3 Å². The van der Waals surface area contributed by atoms with Gasteiger partial charge in [-0.1, -0.05) is 31.2 Å². The number of phenolic OH excluding ortho intramolecular Hbond substituents is 2. The van der Waals surface area contributed by atoms with Gasteiger partial charge in [-0.05, 0) is 66.1 Å². The summed E-state index contributed by atoms with van der Waals surface area (Å²) in [6.07, 6.45) is 1.19. The third kappa shape index (κ3) is 7.13. The van der Waals surface area contributed by atoms with Crippen LogP contribution >= 0.6 is 0 Å². The van der Waals surface area contributed by atoms with Crippen LogP contribution in [0.25, 0.3) is 0 Å². The van der Waals surface area contributed by atoms with E-state index in [0.29, 0.717) is 11.1 Å². The molecule has 0 saturated heterocycles. The molecule has 0 radical (unpaired) electrons. The summed E-state index contributed by atoms with van der Waals surface area (Å²) in [7, 11) is 0. The minimum absolute atomic E-state index is 0.0381. The molecule has 1 atom stereocenters. The molecule has 11 heteroatoms. The fourth-order valence-electron chi connectivity index (χ4n) is 4.12. The average Bonchev–Trinajstić information content (AvgIpc) is 2.97. The molecule has 0 bridgehead atoms. The summed E-state index contributed by atoms with van der Waals surface area (Å²) in [6.45, 7) is 1.37. The van der Waals surface area contributed by atoms with E-state index in [4.69, 9.17) is 14.2 Å². The van der Waals surface area contributed by atoms with Crippen LogP contribution in [0.1, 0.15) is 45.2 Å². The predicted octanol–water partition coefficient (Wildman–Crippen LogP) is 4.58. The van der Waals surface area contributed by atoms with E-state index in [1.807, 2.05) is 0 Å². The van der Waals surface area contributed by atoms with Crippen LogP contribution in [0, 0.1) is 5.92 Å². The Morgan fingerprint density at radius 2 is 1.29 bits per heavy atom. The lowest BCUT2D eigenvalue weighted by atomic mass is 9.89. The first-order valence-corrected chi connectivity index (χ1v) is 12.6. The van der Waals surface area contributed by atoms with E-state index in [0.717, 1.165) is 6.07 Å². The quantitative estimate of drug-likeness (QED) is 0.249. The number of ether oxygens (including phenoxy) is 3. The Bertz CT molecular complexity index is 1580. The monoisotopic (exact) mass is 574 g/mol. The van der Waals surface area contributed by atoms with E-state index in [9.17, 15) is 39.6 Å². The van der Waals surface area contributed by atoms with Crippen LogP contribution < -0.4 is 4.74 Å². The minimum atomic E-state index is -1.41. The lowest BCUT2D eigenvalue weighted by molar-refractivity contribution is -0.141. The van der Waals surface area contributed by atoms with Gasteiger partial charge in [0.05, 0.1) is 22.3 Å². The zero-order valence-corrected chi connectivity index (χ0v) is 22.3. The van der Waals surface area contributed by atoms with Crippen molar-refractivity contribution in [1.82, 2.24) is 0 Å². The van der Waals surface area contributed by atoms with E-state index < -0.39 is 29.8 Å². The highest BCUT2D eigenvalue weighted by atomic mass is 16.5. The Hall–Kier alpha value is -5.58. The van der Waals surface area contributed by atoms with E-state index in [2.05, 4.69) is 0 Å². The number of esters is 2. The van der Waals surface area contributed by atoms with E-state index >= 15 is 0 Å². The Labute approximate surface area is 239 Å². The van der Waals surface area contributed by atoms with Crippen molar-refractivity contribution in [3.63, 3.8) is 0 Å². The molecule has 4 rings (SSSR count). The number of rotatable bonds is 10. The first-order valence-electron chi connectivity index (χ1n) is 12.6. The van der Waals surface area contributed by atoms with Crippen LogP contribution in [0.15, 0.2) is 89.7 Å². The second-order valence-electron chi connectivity index (χ2n) is 9.45. The van der Waals surface area contributed by atoms with Gasteiger partial charge in [0.2, 0.25) is 0 Å². The van der Waals surface area contributed by atoms with Gasteiger partial charge in [-0.2, -0.15) is 0 Å². The second-order valence-corrected chi connectivity index (χ2v) is 9.45. The number of carboxylic acids is 2. The number of aromatic hydroxyl groups is 2. The topological polar surface area (TPSA) is 177 Å². The van der Waals surface area contributed by atoms with E-state index in [1.165, 1.54) is 42.5 Å². The Kier molecular flexibility index (Phi) is 8.91. The maximum atomic E-state index is 12.9. The molecule has 0 saturated carbocycles. The van der Waals surface area contributed by atoms with Crippen LogP contribution in [-0.2, 0) is 32.3 Å². The summed E-state index contributed by atoms with van der Waals surface area (Å²) in [5, 5.41) is 38.2. The average molecular weight is 575 g/mol. The number of hydrogen-bond acceptors (Lipinski definition) is 9. The lowest BCUT2D eigenvalue weighted by Gasteiger charge is -2.23. The molecule has 1 unspecified atom stereocenters. The van der Waals surface area contributed by atoms with Gasteiger partial charge in [-0.25, -0.2) is 19.2 Å². The highest BCUT2D eigenvalue weighted by Crippen LogP contribution is 2.33. The van der Waals surface area contributed by atoms with Crippen LogP contribution in [0.2, 0.25) is 0 Å². The Balaban J connectivity index is 1.53. The van der Waals surface area contributed by atoms with Crippen molar-refractivity contribution in [3.05, 3.63) is 112 Å². The Morgan fingerprint density at radius 1 is 0.738 bits per heavy atom. The molecule has 0 fully saturated rings. The summed E-state index contributed by atoms with van der Waals surface area (Å²) >= 11 is 0. The van der Waals surface area contributed by atoms with Gasteiger partial charge in [0, 0.05) is 5.92 Å². The van der Waals surface area contributed by atoms with Gasteiger partial charge in [0.15, 0.2) is 0 Å². The van der Waals surface area contributed by atoms with Crippen molar-refractivity contribution in [3.8, 4) is 17.2 Å². The summed E-state index contributed by atoms with van der Waals surface area (Å²) in [5.41, 5.74) is 0.174. The molecule has 0 heterocycles. The zero-order valence-electron chi connectivity index (χ0n) is 22.3. The number of carbonyl (C=O) groups excluding carboxylic acids is 2. The molecule has 3 aromatic carbocycles. The van der Waals surface area contributed by atoms with Crippen molar-refractivity contribution >= 4 is 23.9 Å². The van der Waals surface area contributed by atoms with Crippen molar-refractivity contribution in [2.75, 3.05) is 0 Å². The van der Waals surface area contributed by atoms with Crippen molar-refractivity contribution in [1.29, 1.82) is 0 Å². The summed E-state index contributed by atoms with van der Waals surface area (Å²) in [5.74, 6) is -4.66. The number of allylic oxidation sites excluding steroid dienone is 1. The van der Waals surface area contributed by atoms with Crippen molar-refractivity contribution in [2.24, 2.45) is 5.92 Å². The number of benzene rings is 3. The molecule has 0 spiro atoms. The number of phenols is 2. The van der Waals surface area contributed by atoms with Crippen LogP contribution in [0.3, 0.4) is 0 Å². The molecule has 42 heavy (non-hydrogen) atoms. The summed E-state index contributed by atoms with van der Waals surface area (Å²) < 4.78 is 16.4. The maximum Gasteiger partial charge on any atom is 0.339 e. The predicted molar refractivity (Wildman–Crippen MR) is 146 cm³/mol. The molecule has 1 aliphatic rings. The smallest absolute Gasteiger partial charge is 0.339 e. The van der Waals surface area contributed by atoms with Gasteiger partial charge >= 0.3 is 23.9 Å². The lowest BCUT2D eigenvalue weighted by Crippen LogP contribution is -2.22. The Morgan fingerprint density at radius 3 is 1.81 bits per heavy atom. The van der Waals surface area contributed by atoms with Gasteiger partial charge in [-0.15, -0.1) is 0 Å². The van der Waals surface area contributed by atoms with Gasteiger partial charge < -0.3 is 34.6 Å². The number of carbonyl (C=O) groups is 4. The molecular weight excluding hydrogens is 548 g/mol. The highest BCUT2D eigenvalue weighted by molar-refractivity contribution is 6.03. The van der Waals surface area contributed by atoms with Gasteiger partial charge in [-0.3, -0.25) is 0 Å². The first-order chi connectivity index (χ1) is 20.0. The zero-order chi connectivity index (χ0) is 30.4. The molecule has 216 valence electrons. The van der Waals surface area contributed by atoms with Gasteiger partial charge in [0.1, 0.15) is 36.2 Å².